The number of hydrogen-bond acceptors (Lipinski definition) is 1. The van der Waals surface area contributed by atoms with Crippen molar-refractivity contribution in [3.8, 4) is 0 Å². The van der Waals surface area contributed by atoms with Crippen molar-refractivity contribution in [2.45, 2.75) is 45.7 Å². The Morgan fingerprint density at radius 2 is 1.93 bits per heavy atom. The maximum Gasteiger partial charge on any atom is 0.0207 e. The van der Waals surface area contributed by atoms with Crippen molar-refractivity contribution in [3.63, 3.8) is 0 Å². The lowest BCUT2D eigenvalue weighted by atomic mass is 10.1. The maximum atomic E-state index is 3.59. The Morgan fingerprint density at radius 1 is 1.27 bits per heavy atom. The highest BCUT2D eigenvalue weighted by atomic mass is 14.9. The van der Waals surface area contributed by atoms with Crippen LogP contribution in [0.3, 0.4) is 0 Å². The van der Waals surface area contributed by atoms with Crippen LogP contribution < -0.4 is 5.32 Å². The molecule has 1 aliphatic carbocycles. The number of aryl methyl sites for hydroxylation is 1. The lowest BCUT2D eigenvalue weighted by Gasteiger charge is -2.13. The molecule has 0 aromatic heterocycles. The third-order valence-electron chi connectivity index (χ3n) is 3.16. The standard InChI is InChI=1S/C14H21N/c1-11-3-5-14(6-4-11)10-15-12(2)9-13-7-8-13/h3-6,12-13,15H,7-10H2,1-2H3. The van der Waals surface area contributed by atoms with Gasteiger partial charge >= 0.3 is 0 Å². The summed E-state index contributed by atoms with van der Waals surface area (Å²) in [6.45, 7) is 5.44. The van der Waals surface area contributed by atoms with E-state index in [1.807, 2.05) is 0 Å². The van der Waals surface area contributed by atoms with Crippen LogP contribution in [0.2, 0.25) is 0 Å². The summed E-state index contributed by atoms with van der Waals surface area (Å²) in [7, 11) is 0. The van der Waals surface area contributed by atoms with Crippen LogP contribution in [-0.4, -0.2) is 6.04 Å². The predicted octanol–water partition coefficient (Wildman–Crippen LogP) is 3.27. The minimum Gasteiger partial charge on any atom is -0.310 e. The fourth-order valence-corrected chi connectivity index (χ4v) is 1.93. The highest BCUT2D eigenvalue weighted by molar-refractivity contribution is 5.21. The predicted molar refractivity (Wildman–Crippen MR) is 64.8 cm³/mol. The second-order valence-corrected chi connectivity index (χ2v) is 4.95. The molecule has 0 radical (unpaired) electrons. The van der Waals surface area contributed by atoms with Gasteiger partial charge in [-0.05, 0) is 31.7 Å². The molecule has 1 atom stereocenters. The first-order chi connectivity index (χ1) is 7.24. The molecule has 1 heteroatoms. The summed E-state index contributed by atoms with van der Waals surface area (Å²) in [5.41, 5.74) is 2.73. The van der Waals surface area contributed by atoms with E-state index in [1.165, 1.54) is 30.4 Å². The molecule has 1 unspecified atom stereocenters. The van der Waals surface area contributed by atoms with Crippen LogP contribution in [0.1, 0.15) is 37.3 Å². The van der Waals surface area contributed by atoms with Crippen molar-refractivity contribution in [1.82, 2.24) is 5.32 Å². The molecule has 1 aliphatic rings. The first-order valence-corrected chi connectivity index (χ1v) is 6.03. The van der Waals surface area contributed by atoms with Crippen LogP contribution in [0, 0.1) is 12.8 Å². The van der Waals surface area contributed by atoms with Gasteiger partial charge in [0.15, 0.2) is 0 Å². The van der Waals surface area contributed by atoms with Gasteiger partial charge < -0.3 is 5.32 Å². The van der Waals surface area contributed by atoms with E-state index in [0.717, 1.165) is 12.5 Å². The minimum absolute atomic E-state index is 0.666. The van der Waals surface area contributed by atoms with E-state index >= 15 is 0 Å². The van der Waals surface area contributed by atoms with Crippen LogP contribution in [-0.2, 0) is 6.54 Å². The SMILES string of the molecule is Cc1ccc(CNC(C)CC2CC2)cc1. The van der Waals surface area contributed by atoms with Gasteiger partial charge in [0.2, 0.25) is 0 Å². The van der Waals surface area contributed by atoms with Gasteiger partial charge in [0.25, 0.3) is 0 Å². The molecule has 1 nitrogen and oxygen atoms in total. The molecular weight excluding hydrogens is 182 g/mol. The third kappa shape index (κ3) is 3.67. The van der Waals surface area contributed by atoms with Crippen LogP contribution >= 0.6 is 0 Å². The van der Waals surface area contributed by atoms with Crippen LogP contribution in [0.5, 0.6) is 0 Å². The van der Waals surface area contributed by atoms with Gasteiger partial charge in [-0.2, -0.15) is 0 Å². The summed E-state index contributed by atoms with van der Waals surface area (Å²) in [5, 5.41) is 3.59. The van der Waals surface area contributed by atoms with Crippen molar-refractivity contribution >= 4 is 0 Å². The van der Waals surface area contributed by atoms with Crippen molar-refractivity contribution < 1.29 is 0 Å². The smallest absolute Gasteiger partial charge is 0.0207 e. The zero-order valence-electron chi connectivity index (χ0n) is 9.79. The molecule has 0 amide bonds. The monoisotopic (exact) mass is 203 g/mol. The van der Waals surface area contributed by atoms with E-state index in [-0.39, 0.29) is 0 Å². The minimum atomic E-state index is 0.666. The molecule has 1 aromatic carbocycles. The number of nitrogens with one attached hydrogen (secondary N) is 1. The molecule has 1 saturated carbocycles. The second-order valence-electron chi connectivity index (χ2n) is 4.95. The van der Waals surface area contributed by atoms with Crippen molar-refractivity contribution in [3.05, 3.63) is 35.4 Å². The quantitative estimate of drug-likeness (QED) is 0.774. The van der Waals surface area contributed by atoms with E-state index in [4.69, 9.17) is 0 Å². The summed E-state index contributed by atoms with van der Waals surface area (Å²) in [6, 6.07) is 9.46. The Labute approximate surface area is 92.9 Å². The van der Waals surface area contributed by atoms with Crippen molar-refractivity contribution in [2.24, 2.45) is 5.92 Å². The Balaban J connectivity index is 1.74. The molecule has 0 aliphatic heterocycles. The van der Waals surface area contributed by atoms with Gasteiger partial charge in [0, 0.05) is 12.6 Å². The zero-order chi connectivity index (χ0) is 10.7. The summed E-state index contributed by atoms with van der Waals surface area (Å²) < 4.78 is 0. The lowest BCUT2D eigenvalue weighted by molar-refractivity contribution is 0.487. The highest BCUT2D eigenvalue weighted by Crippen LogP contribution is 2.33. The molecule has 1 N–H and O–H groups in total. The van der Waals surface area contributed by atoms with E-state index in [2.05, 4.69) is 43.4 Å². The average molecular weight is 203 g/mol. The van der Waals surface area contributed by atoms with E-state index in [9.17, 15) is 0 Å². The zero-order valence-corrected chi connectivity index (χ0v) is 9.79. The van der Waals surface area contributed by atoms with Gasteiger partial charge in [-0.25, -0.2) is 0 Å². The molecule has 82 valence electrons. The third-order valence-corrected chi connectivity index (χ3v) is 3.16. The topological polar surface area (TPSA) is 12.0 Å². The van der Waals surface area contributed by atoms with Crippen molar-refractivity contribution in [2.75, 3.05) is 0 Å². The normalized spacial score (nSPS) is 17.7. The van der Waals surface area contributed by atoms with Crippen LogP contribution in [0.15, 0.2) is 24.3 Å². The molecule has 0 bridgehead atoms. The van der Waals surface area contributed by atoms with Gasteiger partial charge in [-0.3, -0.25) is 0 Å². The molecule has 0 saturated heterocycles. The van der Waals surface area contributed by atoms with Crippen LogP contribution in [0.4, 0.5) is 0 Å². The van der Waals surface area contributed by atoms with Crippen LogP contribution in [0.25, 0.3) is 0 Å². The fraction of sp³-hybridized carbons (Fsp3) is 0.571. The Hall–Kier alpha value is -0.820. The summed E-state index contributed by atoms with van der Waals surface area (Å²) in [6.07, 6.45) is 4.26. The lowest BCUT2D eigenvalue weighted by Crippen LogP contribution is -2.25. The summed E-state index contributed by atoms with van der Waals surface area (Å²) in [4.78, 5) is 0. The second kappa shape index (κ2) is 4.80. The van der Waals surface area contributed by atoms with Crippen molar-refractivity contribution in [1.29, 1.82) is 0 Å². The average Bonchev–Trinajstić information content (AvgIpc) is 3.01. The number of rotatable bonds is 5. The maximum absolute atomic E-state index is 3.59. The Kier molecular flexibility index (Phi) is 3.42. The largest absolute Gasteiger partial charge is 0.310 e. The van der Waals surface area contributed by atoms with Gasteiger partial charge in [-0.1, -0.05) is 42.7 Å². The highest BCUT2D eigenvalue weighted by Gasteiger charge is 2.23. The Morgan fingerprint density at radius 3 is 2.53 bits per heavy atom. The fourth-order valence-electron chi connectivity index (χ4n) is 1.93. The molecule has 1 fully saturated rings. The van der Waals surface area contributed by atoms with Gasteiger partial charge in [0.1, 0.15) is 0 Å². The molecular formula is C14H21N. The van der Waals surface area contributed by atoms with E-state index < -0.39 is 0 Å². The molecule has 0 spiro atoms. The van der Waals surface area contributed by atoms with E-state index in [1.54, 1.807) is 0 Å². The Bertz CT molecular complexity index is 298. The number of benzene rings is 1. The molecule has 15 heavy (non-hydrogen) atoms. The first kappa shape index (κ1) is 10.7. The molecule has 0 heterocycles. The molecule has 2 rings (SSSR count). The summed E-state index contributed by atoms with van der Waals surface area (Å²) >= 11 is 0. The molecule has 1 aromatic rings. The van der Waals surface area contributed by atoms with Gasteiger partial charge in [-0.15, -0.1) is 0 Å². The summed E-state index contributed by atoms with van der Waals surface area (Å²) in [5.74, 6) is 1.02. The van der Waals surface area contributed by atoms with Gasteiger partial charge in [0.05, 0.1) is 0 Å². The van der Waals surface area contributed by atoms with E-state index in [0.29, 0.717) is 6.04 Å². The number of hydrogen-bond donors (Lipinski definition) is 1. The first-order valence-electron chi connectivity index (χ1n) is 6.03.